The number of likely N-dealkylation sites (tertiary alicyclic amines) is 1. The fourth-order valence-corrected chi connectivity index (χ4v) is 5.37. The molecule has 4 rings (SSSR count). The first kappa shape index (κ1) is 17.6. The molecular weight excluding hydrogens is 344 g/mol. The molecule has 1 saturated carbocycles. The lowest BCUT2D eigenvalue weighted by Gasteiger charge is -2.18. The van der Waals surface area contributed by atoms with Crippen molar-refractivity contribution >= 4 is 15.7 Å². The Balaban J connectivity index is 1.56. The molecule has 5 heteroatoms. The Labute approximate surface area is 156 Å². The minimum Gasteiger partial charge on any atom is -0.305 e. The zero-order valence-electron chi connectivity index (χ0n) is 15.6. The first-order valence-electron chi connectivity index (χ1n) is 9.22. The standard InChI is InChI=1S/C21H26N2O2S/c1-15(2)16-7-9-20(10-8-16)26(24,25)22-19-6-4-5-17(11-19)21-12-18(21)13-23(3)14-21/h4-11,15,18,22H,12-14H2,1-3H3. The van der Waals surface area contributed by atoms with Crippen LogP contribution in [0.25, 0.3) is 0 Å². The number of hydrogen-bond donors (Lipinski definition) is 1. The molecule has 2 aliphatic rings. The van der Waals surface area contributed by atoms with Crippen LogP contribution in [-0.2, 0) is 15.4 Å². The van der Waals surface area contributed by atoms with Crippen molar-refractivity contribution in [2.45, 2.75) is 36.5 Å². The van der Waals surface area contributed by atoms with Gasteiger partial charge >= 0.3 is 0 Å². The maximum absolute atomic E-state index is 12.7. The van der Waals surface area contributed by atoms with Crippen LogP contribution in [0.4, 0.5) is 5.69 Å². The number of benzene rings is 2. The summed E-state index contributed by atoms with van der Waals surface area (Å²) in [6.07, 6.45) is 1.21. The predicted molar refractivity (Wildman–Crippen MR) is 105 cm³/mol. The summed E-state index contributed by atoms with van der Waals surface area (Å²) in [4.78, 5) is 2.66. The molecule has 2 aromatic rings. The molecule has 1 aliphatic carbocycles. The fraction of sp³-hybridized carbons (Fsp3) is 0.429. The summed E-state index contributed by atoms with van der Waals surface area (Å²) < 4.78 is 28.2. The molecule has 1 N–H and O–H groups in total. The second kappa shape index (κ2) is 6.10. The van der Waals surface area contributed by atoms with Crippen LogP contribution in [0.15, 0.2) is 53.4 Å². The summed E-state index contributed by atoms with van der Waals surface area (Å²) >= 11 is 0. The molecule has 0 spiro atoms. The van der Waals surface area contributed by atoms with Gasteiger partial charge < -0.3 is 4.90 Å². The van der Waals surface area contributed by atoms with E-state index in [0.29, 0.717) is 22.4 Å². The van der Waals surface area contributed by atoms with Crippen LogP contribution in [0.3, 0.4) is 0 Å². The van der Waals surface area contributed by atoms with E-state index in [2.05, 4.69) is 36.6 Å². The summed E-state index contributed by atoms with van der Waals surface area (Å²) in [6.45, 7) is 6.39. The van der Waals surface area contributed by atoms with Gasteiger partial charge in [-0.15, -0.1) is 0 Å². The van der Waals surface area contributed by atoms with Crippen molar-refractivity contribution in [1.29, 1.82) is 0 Å². The summed E-state index contributed by atoms with van der Waals surface area (Å²) in [5, 5.41) is 0. The molecule has 1 aliphatic heterocycles. The van der Waals surface area contributed by atoms with Crippen molar-refractivity contribution < 1.29 is 8.42 Å². The lowest BCUT2D eigenvalue weighted by atomic mass is 9.95. The van der Waals surface area contributed by atoms with Gasteiger partial charge in [-0.25, -0.2) is 8.42 Å². The third-order valence-electron chi connectivity index (χ3n) is 5.86. The van der Waals surface area contributed by atoms with Gasteiger partial charge in [-0.3, -0.25) is 4.72 Å². The molecule has 138 valence electrons. The lowest BCUT2D eigenvalue weighted by molar-refractivity contribution is 0.363. The van der Waals surface area contributed by atoms with Gasteiger partial charge in [-0.2, -0.15) is 0 Å². The average Bonchev–Trinajstić information content (AvgIpc) is 3.17. The Hall–Kier alpha value is -1.85. The van der Waals surface area contributed by atoms with Crippen molar-refractivity contribution in [2.24, 2.45) is 5.92 Å². The first-order valence-corrected chi connectivity index (χ1v) is 10.7. The third-order valence-corrected chi connectivity index (χ3v) is 7.26. The molecule has 2 unspecified atom stereocenters. The van der Waals surface area contributed by atoms with Crippen molar-refractivity contribution in [2.75, 3.05) is 24.9 Å². The van der Waals surface area contributed by atoms with Crippen LogP contribution in [-0.4, -0.2) is 33.5 Å². The van der Waals surface area contributed by atoms with E-state index in [-0.39, 0.29) is 5.41 Å². The normalized spacial score (nSPS) is 25.3. The van der Waals surface area contributed by atoms with Gasteiger partial charge in [0.15, 0.2) is 0 Å². The van der Waals surface area contributed by atoms with E-state index in [0.717, 1.165) is 18.7 Å². The van der Waals surface area contributed by atoms with E-state index in [4.69, 9.17) is 0 Å². The number of likely N-dealkylation sites (N-methyl/N-ethyl adjacent to an activating group) is 1. The van der Waals surface area contributed by atoms with Gasteiger partial charge in [0.05, 0.1) is 4.90 Å². The van der Waals surface area contributed by atoms with Crippen LogP contribution in [0.2, 0.25) is 0 Å². The van der Waals surface area contributed by atoms with Gasteiger partial charge in [0.1, 0.15) is 0 Å². The molecule has 2 aromatic carbocycles. The lowest BCUT2D eigenvalue weighted by Crippen LogP contribution is -2.22. The molecule has 4 nitrogen and oxygen atoms in total. The van der Waals surface area contributed by atoms with E-state index in [1.54, 1.807) is 12.1 Å². The number of sulfonamides is 1. The summed E-state index contributed by atoms with van der Waals surface area (Å²) in [5.74, 6) is 1.09. The van der Waals surface area contributed by atoms with Crippen LogP contribution in [0, 0.1) is 5.92 Å². The zero-order valence-corrected chi connectivity index (χ0v) is 16.4. The molecule has 2 atom stereocenters. The van der Waals surface area contributed by atoms with Crippen LogP contribution < -0.4 is 4.72 Å². The van der Waals surface area contributed by atoms with Gasteiger partial charge in [0.25, 0.3) is 10.0 Å². The van der Waals surface area contributed by atoms with Crippen molar-refractivity contribution in [3.63, 3.8) is 0 Å². The number of rotatable bonds is 5. The summed E-state index contributed by atoms with van der Waals surface area (Å²) in [6, 6.07) is 15.1. The SMILES string of the molecule is CC(C)c1ccc(S(=O)(=O)Nc2cccc(C34CC3CN(C)C4)c2)cc1. The highest BCUT2D eigenvalue weighted by atomic mass is 32.2. The minimum atomic E-state index is -3.57. The highest BCUT2D eigenvalue weighted by Crippen LogP contribution is 2.58. The van der Waals surface area contributed by atoms with E-state index in [1.807, 2.05) is 30.3 Å². The minimum absolute atomic E-state index is 0.231. The summed E-state index contributed by atoms with van der Waals surface area (Å²) in [7, 11) is -1.42. The fourth-order valence-electron chi connectivity index (χ4n) is 4.32. The molecule has 0 aromatic heterocycles. The Morgan fingerprint density at radius 1 is 1.15 bits per heavy atom. The maximum Gasteiger partial charge on any atom is 0.261 e. The Morgan fingerprint density at radius 3 is 2.50 bits per heavy atom. The van der Waals surface area contributed by atoms with Crippen LogP contribution in [0.1, 0.15) is 37.3 Å². The van der Waals surface area contributed by atoms with Gasteiger partial charge in [-0.05, 0) is 60.7 Å². The monoisotopic (exact) mass is 370 g/mol. The first-order chi connectivity index (χ1) is 12.3. The number of piperidine rings is 1. The van der Waals surface area contributed by atoms with E-state index in [1.165, 1.54) is 12.0 Å². The number of anilines is 1. The Morgan fingerprint density at radius 2 is 1.88 bits per heavy atom. The molecule has 0 radical (unpaired) electrons. The second-order valence-corrected chi connectivity index (χ2v) is 9.85. The Kier molecular flexibility index (Phi) is 4.12. The smallest absolute Gasteiger partial charge is 0.261 e. The quantitative estimate of drug-likeness (QED) is 0.871. The van der Waals surface area contributed by atoms with Crippen LogP contribution in [0.5, 0.6) is 0 Å². The molecule has 2 fully saturated rings. The van der Waals surface area contributed by atoms with Gasteiger partial charge in [0.2, 0.25) is 0 Å². The largest absolute Gasteiger partial charge is 0.305 e. The third kappa shape index (κ3) is 3.03. The van der Waals surface area contributed by atoms with Crippen LogP contribution >= 0.6 is 0 Å². The molecule has 1 saturated heterocycles. The van der Waals surface area contributed by atoms with Gasteiger partial charge in [0, 0.05) is 24.2 Å². The average molecular weight is 371 g/mol. The maximum atomic E-state index is 12.7. The molecule has 1 heterocycles. The van der Waals surface area contributed by atoms with E-state index >= 15 is 0 Å². The number of nitrogens with zero attached hydrogens (tertiary/aromatic N) is 1. The highest BCUT2D eigenvalue weighted by Gasteiger charge is 2.59. The number of fused-ring (bicyclic) bond motifs is 1. The van der Waals surface area contributed by atoms with Crippen molar-refractivity contribution in [3.8, 4) is 0 Å². The molecule has 0 bridgehead atoms. The van der Waals surface area contributed by atoms with E-state index in [9.17, 15) is 8.42 Å². The predicted octanol–water partition coefficient (Wildman–Crippen LogP) is 3.81. The van der Waals surface area contributed by atoms with Gasteiger partial charge in [-0.1, -0.05) is 38.1 Å². The van der Waals surface area contributed by atoms with Crippen molar-refractivity contribution in [3.05, 3.63) is 59.7 Å². The molecule has 0 amide bonds. The highest BCUT2D eigenvalue weighted by molar-refractivity contribution is 7.92. The van der Waals surface area contributed by atoms with Crippen molar-refractivity contribution in [1.82, 2.24) is 4.90 Å². The van der Waals surface area contributed by atoms with E-state index < -0.39 is 10.0 Å². The molecular formula is C21H26N2O2S. The number of hydrogen-bond acceptors (Lipinski definition) is 3. The number of nitrogens with one attached hydrogen (secondary N) is 1. The Bertz CT molecular complexity index is 921. The zero-order chi connectivity index (χ0) is 18.5. The summed E-state index contributed by atoms with van der Waals surface area (Å²) in [5.41, 5.74) is 3.26. The molecule has 26 heavy (non-hydrogen) atoms. The topological polar surface area (TPSA) is 49.4 Å². The second-order valence-electron chi connectivity index (χ2n) is 8.16.